The van der Waals surface area contributed by atoms with E-state index in [0.29, 0.717) is 6.61 Å². The first-order valence-corrected chi connectivity index (χ1v) is 7.86. The van der Waals surface area contributed by atoms with Gasteiger partial charge in [-0.1, -0.05) is 6.92 Å². The van der Waals surface area contributed by atoms with E-state index in [0.717, 1.165) is 49.5 Å². The second-order valence-corrected chi connectivity index (χ2v) is 5.65. The van der Waals surface area contributed by atoms with Crippen LogP contribution in [0.25, 0.3) is 0 Å². The molecular formula is C17H26N2O2. The lowest BCUT2D eigenvalue weighted by Gasteiger charge is -2.32. The molecule has 0 bridgehead atoms. The fraction of sp³-hybridized carbons (Fsp3) is 0.588. The summed E-state index contributed by atoms with van der Waals surface area (Å²) in [5.74, 6) is 1.05. The molecule has 4 heteroatoms. The topological polar surface area (TPSA) is 41.6 Å². The van der Waals surface area contributed by atoms with Crippen molar-refractivity contribution in [2.45, 2.75) is 33.2 Å². The van der Waals surface area contributed by atoms with Crippen LogP contribution >= 0.6 is 0 Å². The zero-order chi connectivity index (χ0) is 15.2. The van der Waals surface area contributed by atoms with E-state index in [2.05, 4.69) is 17.1 Å². The van der Waals surface area contributed by atoms with Gasteiger partial charge >= 0.3 is 0 Å². The predicted molar refractivity (Wildman–Crippen MR) is 85.2 cm³/mol. The van der Waals surface area contributed by atoms with Crippen LogP contribution in [0.15, 0.2) is 18.2 Å². The summed E-state index contributed by atoms with van der Waals surface area (Å²) in [6.07, 6.45) is 0.986. The van der Waals surface area contributed by atoms with Crippen LogP contribution in [0.5, 0.6) is 5.75 Å². The van der Waals surface area contributed by atoms with Gasteiger partial charge in [0, 0.05) is 31.7 Å². The number of aryl methyl sites for hydroxylation is 1. The molecule has 2 rings (SSSR count). The van der Waals surface area contributed by atoms with Gasteiger partial charge in [-0.2, -0.15) is 0 Å². The average Bonchev–Trinajstić information content (AvgIpc) is 2.52. The number of ketones is 1. The maximum atomic E-state index is 12.7. The van der Waals surface area contributed by atoms with Crippen molar-refractivity contribution in [2.24, 2.45) is 0 Å². The first-order chi connectivity index (χ1) is 10.1. The maximum absolute atomic E-state index is 12.7. The number of hydrogen-bond donors (Lipinski definition) is 1. The van der Waals surface area contributed by atoms with Crippen LogP contribution < -0.4 is 10.1 Å². The van der Waals surface area contributed by atoms with Gasteiger partial charge < -0.3 is 10.1 Å². The van der Waals surface area contributed by atoms with Crippen molar-refractivity contribution in [1.29, 1.82) is 0 Å². The number of hydrogen-bond acceptors (Lipinski definition) is 4. The summed E-state index contributed by atoms with van der Waals surface area (Å²) < 4.78 is 5.62. The van der Waals surface area contributed by atoms with E-state index in [-0.39, 0.29) is 11.8 Å². The summed E-state index contributed by atoms with van der Waals surface area (Å²) in [7, 11) is 0. The monoisotopic (exact) mass is 290 g/mol. The largest absolute Gasteiger partial charge is 0.494 e. The Labute approximate surface area is 127 Å². The smallest absolute Gasteiger partial charge is 0.179 e. The minimum atomic E-state index is -0.0618. The molecule has 1 aromatic rings. The van der Waals surface area contributed by atoms with Gasteiger partial charge in [0.25, 0.3) is 0 Å². The minimum absolute atomic E-state index is 0.0618. The average molecular weight is 290 g/mol. The molecule has 1 fully saturated rings. The third kappa shape index (κ3) is 4.05. The maximum Gasteiger partial charge on any atom is 0.179 e. The number of nitrogens with one attached hydrogen (secondary N) is 1. The normalized spacial score (nSPS) is 17.5. The summed E-state index contributed by atoms with van der Waals surface area (Å²) >= 11 is 0. The van der Waals surface area contributed by atoms with E-state index < -0.39 is 0 Å². The van der Waals surface area contributed by atoms with Crippen molar-refractivity contribution in [3.05, 3.63) is 29.3 Å². The van der Waals surface area contributed by atoms with Crippen molar-refractivity contribution in [1.82, 2.24) is 10.2 Å². The van der Waals surface area contributed by atoms with Gasteiger partial charge in [0.2, 0.25) is 0 Å². The Morgan fingerprint density at radius 3 is 2.71 bits per heavy atom. The van der Waals surface area contributed by atoms with Gasteiger partial charge in [-0.05, 0) is 44.0 Å². The molecule has 0 spiro atoms. The molecule has 0 radical (unpaired) electrons. The van der Waals surface area contributed by atoms with E-state index in [4.69, 9.17) is 4.74 Å². The fourth-order valence-electron chi connectivity index (χ4n) is 2.68. The molecule has 116 valence electrons. The van der Waals surface area contributed by atoms with Crippen LogP contribution in [0, 0.1) is 6.92 Å². The van der Waals surface area contributed by atoms with Gasteiger partial charge in [-0.15, -0.1) is 0 Å². The van der Waals surface area contributed by atoms with Gasteiger partial charge in [-0.3, -0.25) is 9.69 Å². The number of nitrogens with zero attached hydrogens (tertiary/aromatic N) is 1. The molecule has 4 nitrogen and oxygen atoms in total. The van der Waals surface area contributed by atoms with Crippen LogP contribution in [-0.4, -0.2) is 49.5 Å². The van der Waals surface area contributed by atoms with Crippen molar-refractivity contribution < 1.29 is 9.53 Å². The molecule has 1 N–H and O–H groups in total. The summed E-state index contributed by atoms with van der Waals surface area (Å²) in [5, 5.41) is 3.32. The van der Waals surface area contributed by atoms with Crippen molar-refractivity contribution in [3.8, 4) is 5.75 Å². The predicted octanol–water partition coefficient (Wildman–Crippen LogP) is 2.26. The zero-order valence-corrected chi connectivity index (χ0v) is 13.3. The number of carbonyl (C=O) groups is 1. The van der Waals surface area contributed by atoms with E-state index in [9.17, 15) is 4.79 Å². The van der Waals surface area contributed by atoms with E-state index in [1.165, 1.54) is 0 Å². The molecule has 21 heavy (non-hydrogen) atoms. The standard InChI is InChI=1S/C17H26N2O2/c1-4-11-21-15-5-6-16(13(2)12-15)17(20)14(3)19-9-7-18-8-10-19/h5-6,12,14,18H,4,7-11H2,1-3H3. The number of ether oxygens (including phenoxy) is 1. The lowest BCUT2D eigenvalue weighted by atomic mass is 9.99. The van der Waals surface area contributed by atoms with Crippen molar-refractivity contribution >= 4 is 5.78 Å². The first-order valence-electron chi connectivity index (χ1n) is 7.86. The first kappa shape index (κ1) is 16.0. The Balaban J connectivity index is 2.07. The van der Waals surface area contributed by atoms with E-state index in [1.807, 2.05) is 32.0 Å². The Kier molecular flexibility index (Phi) is 5.76. The van der Waals surface area contributed by atoms with Gasteiger partial charge in [-0.25, -0.2) is 0 Å². The molecule has 1 aliphatic rings. The molecule has 1 unspecified atom stereocenters. The summed E-state index contributed by atoms with van der Waals surface area (Å²) in [6.45, 7) is 10.6. The van der Waals surface area contributed by atoms with E-state index >= 15 is 0 Å². The molecule has 1 atom stereocenters. The number of piperazine rings is 1. The van der Waals surface area contributed by atoms with Crippen LogP contribution in [0.4, 0.5) is 0 Å². The number of Topliss-reactive ketones (excluding diaryl/α,β-unsaturated/α-hetero) is 1. The van der Waals surface area contributed by atoms with Crippen LogP contribution in [0.2, 0.25) is 0 Å². The Morgan fingerprint density at radius 1 is 1.38 bits per heavy atom. The van der Waals surface area contributed by atoms with Gasteiger partial charge in [0.05, 0.1) is 12.6 Å². The van der Waals surface area contributed by atoms with Gasteiger partial charge in [0.1, 0.15) is 5.75 Å². The fourth-order valence-corrected chi connectivity index (χ4v) is 2.68. The molecule has 0 saturated carbocycles. The molecule has 0 aliphatic carbocycles. The molecule has 0 aromatic heterocycles. The molecule has 1 aliphatic heterocycles. The lowest BCUT2D eigenvalue weighted by Crippen LogP contribution is -2.50. The summed E-state index contributed by atoms with van der Waals surface area (Å²) in [5.41, 5.74) is 1.81. The highest BCUT2D eigenvalue weighted by Gasteiger charge is 2.24. The Bertz CT molecular complexity index is 482. The highest BCUT2D eigenvalue weighted by molar-refractivity contribution is 6.01. The number of carbonyl (C=O) groups excluding carboxylic acids is 1. The van der Waals surface area contributed by atoms with Crippen molar-refractivity contribution in [3.63, 3.8) is 0 Å². The molecule has 1 saturated heterocycles. The third-order valence-corrected chi connectivity index (χ3v) is 4.01. The second kappa shape index (κ2) is 7.57. The SMILES string of the molecule is CCCOc1ccc(C(=O)C(C)N2CCNCC2)c(C)c1. The second-order valence-electron chi connectivity index (χ2n) is 5.65. The van der Waals surface area contributed by atoms with E-state index in [1.54, 1.807) is 0 Å². The lowest BCUT2D eigenvalue weighted by molar-refractivity contribution is 0.0819. The Hall–Kier alpha value is -1.39. The number of rotatable bonds is 6. The highest BCUT2D eigenvalue weighted by atomic mass is 16.5. The minimum Gasteiger partial charge on any atom is -0.494 e. The highest BCUT2D eigenvalue weighted by Crippen LogP contribution is 2.20. The van der Waals surface area contributed by atoms with Crippen LogP contribution in [0.1, 0.15) is 36.2 Å². The van der Waals surface area contributed by atoms with Crippen molar-refractivity contribution in [2.75, 3.05) is 32.8 Å². The quantitative estimate of drug-likeness (QED) is 0.816. The third-order valence-electron chi connectivity index (χ3n) is 4.01. The molecule has 0 amide bonds. The van der Waals surface area contributed by atoms with Crippen LogP contribution in [-0.2, 0) is 0 Å². The molecule has 1 aromatic carbocycles. The number of benzene rings is 1. The Morgan fingerprint density at radius 2 is 2.10 bits per heavy atom. The molecule has 1 heterocycles. The molecular weight excluding hydrogens is 264 g/mol. The summed E-state index contributed by atoms with van der Waals surface area (Å²) in [4.78, 5) is 14.9. The van der Waals surface area contributed by atoms with Gasteiger partial charge in [0.15, 0.2) is 5.78 Å². The zero-order valence-electron chi connectivity index (χ0n) is 13.3. The van der Waals surface area contributed by atoms with Crippen LogP contribution in [0.3, 0.4) is 0 Å². The summed E-state index contributed by atoms with van der Waals surface area (Å²) in [6, 6.07) is 5.71.